The topological polar surface area (TPSA) is 95.0 Å². The number of nitrogens with one attached hydrogen (secondary N) is 3. The largest absolute Gasteiger partial charge is 0.497 e. The molecule has 0 aliphatic rings. The first-order valence-corrected chi connectivity index (χ1v) is 10.0. The highest BCUT2D eigenvalue weighted by atomic mass is 127. The first kappa shape index (κ1) is 25.2. The van der Waals surface area contributed by atoms with Crippen molar-refractivity contribution in [2.45, 2.75) is 26.0 Å². The van der Waals surface area contributed by atoms with Crippen molar-refractivity contribution in [3.05, 3.63) is 52.2 Å². The SMILES string of the molecule is CCNC(=NCC(=O)NCc1ccc(OC)cc1)NCC(C)(O)c1cccs1.I. The highest BCUT2D eigenvalue weighted by Crippen LogP contribution is 2.24. The summed E-state index contributed by atoms with van der Waals surface area (Å²) in [5.74, 6) is 1.08. The van der Waals surface area contributed by atoms with Gasteiger partial charge in [0.25, 0.3) is 0 Å². The zero-order valence-corrected chi connectivity index (χ0v) is 20.0. The third kappa shape index (κ3) is 8.58. The molecule has 1 unspecified atom stereocenters. The Morgan fingerprint density at radius 3 is 2.52 bits per heavy atom. The standard InChI is InChI=1S/C20H28N4O3S.HI/c1-4-21-19(24-14-20(2,26)17-6-5-11-28-17)23-13-18(25)22-12-15-7-9-16(27-3)10-8-15;/h5-11,26H,4,12-14H2,1-3H3,(H,22,25)(H2,21,23,24);1H. The van der Waals surface area contributed by atoms with Crippen LogP contribution in [0.25, 0.3) is 0 Å². The molecule has 1 aromatic carbocycles. The fraction of sp³-hybridized carbons (Fsp3) is 0.400. The lowest BCUT2D eigenvalue weighted by molar-refractivity contribution is -0.119. The summed E-state index contributed by atoms with van der Waals surface area (Å²) in [6.07, 6.45) is 0. The van der Waals surface area contributed by atoms with Crippen molar-refractivity contribution in [2.75, 3.05) is 26.7 Å². The van der Waals surface area contributed by atoms with E-state index in [0.717, 1.165) is 16.2 Å². The monoisotopic (exact) mass is 532 g/mol. The third-order valence-corrected chi connectivity index (χ3v) is 5.15. The van der Waals surface area contributed by atoms with E-state index in [2.05, 4.69) is 20.9 Å². The average Bonchev–Trinajstić information content (AvgIpc) is 3.25. The van der Waals surface area contributed by atoms with Gasteiger partial charge in [0.2, 0.25) is 5.91 Å². The number of methoxy groups -OCH3 is 1. The lowest BCUT2D eigenvalue weighted by atomic mass is 10.1. The summed E-state index contributed by atoms with van der Waals surface area (Å²) in [7, 11) is 1.62. The molecular formula is C20H29IN4O3S. The predicted octanol–water partition coefficient (Wildman–Crippen LogP) is 2.45. The van der Waals surface area contributed by atoms with Crippen LogP contribution in [0.15, 0.2) is 46.8 Å². The summed E-state index contributed by atoms with van der Waals surface area (Å²) in [5, 5.41) is 21.5. The number of carbonyl (C=O) groups is 1. The number of thiophene rings is 1. The molecule has 0 aliphatic carbocycles. The lowest BCUT2D eigenvalue weighted by Gasteiger charge is -2.23. The summed E-state index contributed by atoms with van der Waals surface area (Å²) in [4.78, 5) is 17.3. The minimum absolute atomic E-state index is 0. The maximum Gasteiger partial charge on any atom is 0.242 e. The molecule has 2 rings (SSSR count). The number of nitrogens with zero attached hydrogens (tertiary/aromatic N) is 1. The number of benzene rings is 1. The van der Waals surface area contributed by atoms with Gasteiger partial charge in [-0.2, -0.15) is 0 Å². The molecule has 160 valence electrons. The van der Waals surface area contributed by atoms with Crippen molar-refractivity contribution < 1.29 is 14.6 Å². The van der Waals surface area contributed by atoms with Gasteiger partial charge in [0.1, 0.15) is 17.9 Å². The molecule has 0 spiro atoms. The van der Waals surface area contributed by atoms with Gasteiger partial charge in [0.15, 0.2) is 5.96 Å². The van der Waals surface area contributed by atoms with E-state index < -0.39 is 5.60 Å². The maximum absolute atomic E-state index is 12.1. The van der Waals surface area contributed by atoms with Crippen LogP contribution in [0.5, 0.6) is 5.75 Å². The van der Waals surface area contributed by atoms with Crippen LogP contribution in [-0.2, 0) is 16.9 Å². The Hall–Kier alpha value is -1.85. The molecule has 0 fully saturated rings. The molecule has 0 saturated heterocycles. The summed E-state index contributed by atoms with van der Waals surface area (Å²) in [6, 6.07) is 11.3. The van der Waals surface area contributed by atoms with Crippen molar-refractivity contribution in [1.29, 1.82) is 0 Å². The highest BCUT2D eigenvalue weighted by molar-refractivity contribution is 14.0. The number of ether oxygens (including phenoxy) is 1. The van der Waals surface area contributed by atoms with Crippen molar-refractivity contribution in [3.63, 3.8) is 0 Å². The molecule has 1 aromatic heterocycles. The van der Waals surface area contributed by atoms with E-state index in [9.17, 15) is 9.90 Å². The molecule has 0 saturated carbocycles. The van der Waals surface area contributed by atoms with E-state index in [0.29, 0.717) is 19.0 Å². The van der Waals surface area contributed by atoms with E-state index in [4.69, 9.17) is 4.74 Å². The van der Waals surface area contributed by atoms with E-state index in [1.165, 1.54) is 11.3 Å². The molecule has 1 amide bonds. The average molecular weight is 532 g/mol. The number of aliphatic imine (C=N–C) groups is 1. The Labute approximate surface area is 193 Å². The number of carbonyl (C=O) groups excluding carboxylic acids is 1. The first-order valence-electron chi connectivity index (χ1n) is 9.12. The molecule has 1 atom stereocenters. The zero-order chi connectivity index (χ0) is 20.4. The van der Waals surface area contributed by atoms with Crippen LogP contribution in [0.2, 0.25) is 0 Å². The molecule has 29 heavy (non-hydrogen) atoms. The summed E-state index contributed by atoms with van der Waals surface area (Å²) in [6.45, 7) is 5.05. The minimum Gasteiger partial charge on any atom is -0.497 e. The summed E-state index contributed by atoms with van der Waals surface area (Å²) < 4.78 is 5.12. The van der Waals surface area contributed by atoms with Crippen LogP contribution in [0.3, 0.4) is 0 Å². The minimum atomic E-state index is -1.01. The molecule has 9 heteroatoms. The number of aliphatic hydroxyl groups is 1. The molecule has 7 nitrogen and oxygen atoms in total. The van der Waals surface area contributed by atoms with Crippen LogP contribution in [-0.4, -0.2) is 43.7 Å². The summed E-state index contributed by atoms with van der Waals surface area (Å²) in [5.41, 5.74) is -0.0313. The van der Waals surface area contributed by atoms with Gasteiger partial charge in [0, 0.05) is 18.0 Å². The fourth-order valence-corrected chi connectivity index (χ4v) is 3.21. The first-order chi connectivity index (χ1) is 13.4. The number of halogens is 1. The second-order valence-electron chi connectivity index (χ2n) is 6.42. The molecule has 0 aliphatic heterocycles. The lowest BCUT2D eigenvalue weighted by Crippen LogP contribution is -2.44. The van der Waals surface area contributed by atoms with E-state index >= 15 is 0 Å². The van der Waals surface area contributed by atoms with Crippen molar-refractivity contribution >= 4 is 47.2 Å². The summed E-state index contributed by atoms with van der Waals surface area (Å²) >= 11 is 1.50. The normalized spacial score (nSPS) is 13.0. The second-order valence-corrected chi connectivity index (χ2v) is 7.37. The fourth-order valence-electron chi connectivity index (χ4n) is 2.42. The van der Waals surface area contributed by atoms with Crippen LogP contribution in [0.4, 0.5) is 0 Å². The van der Waals surface area contributed by atoms with Gasteiger partial charge < -0.3 is 25.8 Å². The van der Waals surface area contributed by atoms with Gasteiger partial charge in [0.05, 0.1) is 13.7 Å². The van der Waals surface area contributed by atoms with Gasteiger partial charge in [-0.15, -0.1) is 35.3 Å². The van der Waals surface area contributed by atoms with Crippen LogP contribution >= 0.6 is 35.3 Å². The van der Waals surface area contributed by atoms with Gasteiger partial charge in [-0.05, 0) is 43.0 Å². The van der Waals surface area contributed by atoms with Crippen LogP contribution in [0, 0.1) is 0 Å². The van der Waals surface area contributed by atoms with Gasteiger partial charge in [-0.1, -0.05) is 18.2 Å². The zero-order valence-electron chi connectivity index (χ0n) is 16.9. The number of guanidine groups is 1. The van der Waals surface area contributed by atoms with Crippen molar-refractivity contribution in [3.8, 4) is 5.75 Å². The van der Waals surface area contributed by atoms with Crippen LogP contribution < -0.4 is 20.7 Å². The Kier molecular flexibility index (Phi) is 11.0. The van der Waals surface area contributed by atoms with Gasteiger partial charge in [-0.3, -0.25) is 4.79 Å². The third-order valence-electron chi connectivity index (χ3n) is 4.03. The van der Waals surface area contributed by atoms with E-state index in [1.807, 2.05) is 48.7 Å². The van der Waals surface area contributed by atoms with Gasteiger partial charge in [-0.25, -0.2) is 4.99 Å². The number of amides is 1. The predicted molar refractivity (Wildman–Crippen MR) is 128 cm³/mol. The highest BCUT2D eigenvalue weighted by Gasteiger charge is 2.24. The number of rotatable bonds is 9. The van der Waals surface area contributed by atoms with E-state index in [1.54, 1.807) is 14.0 Å². The Balaban J connectivity index is 0.00000420. The second kappa shape index (κ2) is 12.7. The molecule has 4 N–H and O–H groups in total. The number of hydrogen-bond donors (Lipinski definition) is 4. The van der Waals surface area contributed by atoms with E-state index in [-0.39, 0.29) is 43.0 Å². The Bertz CT molecular complexity index is 765. The Morgan fingerprint density at radius 2 is 1.93 bits per heavy atom. The maximum atomic E-state index is 12.1. The van der Waals surface area contributed by atoms with Gasteiger partial charge >= 0.3 is 0 Å². The molecule has 0 bridgehead atoms. The number of hydrogen-bond acceptors (Lipinski definition) is 5. The Morgan fingerprint density at radius 1 is 1.21 bits per heavy atom. The molecule has 2 aromatic rings. The smallest absolute Gasteiger partial charge is 0.242 e. The van der Waals surface area contributed by atoms with Crippen LogP contribution in [0.1, 0.15) is 24.3 Å². The quantitative estimate of drug-likeness (QED) is 0.226. The molecule has 1 heterocycles. The molecular weight excluding hydrogens is 503 g/mol. The molecule has 0 radical (unpaired) electrons. The van der Waals surface area contributed by atoms with Crippen molar-refractivity contribution in [1.82, 2.24) is 16.0 Å². The van der Waals surface area contributed by atoms with Crippen molar-refractivity contribution in [2.24, 2.45) is 4.99 Å².